The summed E-state index contributed by atoms with van der Waals surface area (Å²) in [6.07, 6.45) is 4.19. The molecule has 5 rings (SSSR count). The molecule has 9 nitrogen and oxygen atoms in total. The van der Waals surface area contributed by atoms with Crippen molar-refractivity contribution in [2.75, 3.05) is 12.8 Å². The summed E-state index contributed by atoms with van der Waals surface area (Å²) in [5.41, 5.74) is 9.24. The number of imidazole rings is 1. The molecule has 0 radical (unpaired) electrons. The van der Waals surface area contributed by atoms with Crippen LogP contribution in [-0.2, 0) is 4.79 Å². The van der Waals surface area contributed by atoms with Gasteiger partial charge in [-0.3, -0.25) is 4.79 Å². The topological polar surface area (TPSA) is 131 Å². The molecule has 3 heterocycles. The summed E-state index contributed by atoms with van der Waals surface area (Å²) in [5.74, 6) is 1.01. The van der Waals surface area contributed by atoms with Gasteiger partial charge in [0.25, 0.3) is 0 Å². The molecule has 1 aromatic carbocycles. The fraction of sp³-hybridized carbons (Fsp3) is 0.333. The number of carboxylic acids is 1. The van der Waals surface area contributed by atoms with Crippen LogP contribution >= 0.6 is 12.4 Å². The predicted octanol–water partition coefficient (Wildman–Crippen LogP) is 3.64. The number of H-pyrrole nitrogens is 1. The van der Waals surface area contributed by atoms with Crippen molar-refractivity contribution in [3.05, 3.63) is 36.4 Å². The number of hydrogen-bond acceptors (Lipinski definition) is 6. The molecule has 0 bridgehead atoms. The third-order valence-electron chi connectivity index (χ3n) is 6.02. The molecule has 1 fully saturated rings. The molecule has 10 heteroatoms. The Labute approximate surface area is 184 Å². The van der Waals surface area contributed by atoms with Crippen LogP contribution in [0, 0.1) is 5.92 Å². The van der Waals surface area contributed by atoms with E-state index in [0.717, 1.165) is 41.0 Å². The van der Waals surface area contributed by atoms with Gasteiger partial charge in [-0.1, -0.05) is 12.1 Å². The van der Waals surface area contributed by atoms with E-state index in [4.69, 9.17) is 15.5 Å². The monoisotopic (exact) mass is 442 g/mol. The summed E-state index contributed by atoms with van der Waals surface area (Å²) < 4.78 is 7.22. The average Bonchev–Trinajstić information content (AvgIpc) is 3.36. The summed E-state index contributed by atoms with van der Waals surface area (Å²) in [4.78, 5) is 23.8. The lowest BCUT2D eigenvalue weighted by molar-refractivity contribution is -0.142. The van der Waals surface area contributed by atoms with Gasteiger partial charge >= 0.3 is 5.97 Å². The summed E-state index contributed by atoms with van der Waals surface area (Å²) in [6, 6.07) is 7.85. The number of nitrogen functional groups attached to an aromatic ring is 1. The summed E-state index contributed by atoms with van der Waals surface area (Å²) in [6.45, 7) is 0. The van der Waals surface area contributed by atoms with Crippen LogP contribution in [-0.4, -0.2) is 42.8 Å². The second-order valence-electron chi connectivity index (χ2n) is 7.72. The summed E-state index contributed by atoms with van der Waals surface area (Å²) in [7, 11) is 1.64. The number of rotatable bonds is 4. The van der Waals surface area contributed by atoms with Crippen molar-refractivity contribution in [2.45, 2.75) is 31.6 Å². The van der Waals surface area contributed by atoms with Crippen molar-refractivity contribution in [3.63, 3.8) is 0 Å². The highest BCUT2D eigenvalue weighted by molar-refractivity contribution is 5.93. The first-order chi connectivity index (χ1) is 14.6. The molecule has 0 atom stereocenters. The Kier molecular flexibility index (Phi) is 5.45. The normalized spacial score (nSPS) is 18.7. The van der Waals surface area contributed by atoms with E-state index in [1.54, 1.807) is 11.6 Å². The fourth-order valence-corrected chi connectivity index (χ4v) is 4.45. The second kappa shape index (κ2) is 8.07. The average molecular weight is 443 g/mol. The zero-order chi connectivity index (χ0) is 20.8. The molecular weight excluding hydrogens is 420 g/mol. The zero-order valence-electron chi connectivity index (χ0n) is 16.9. The van der Waals surface area contributed by atoms with Crippen molar-refractivity contribution in [2.24, 2.45) is 5.92 Å². The SMILES string of the molecule is COc1cccc2cc(-c3nc(C4CCC(C(=O)O)CC4)n4ncnc(N)c34)[nH]c12.Cl. The van der Waals surface area contributed by atoms with Crippen LogP contribution in [0.1, 0.15) is 37.4 Å². The molecule has 1 saturated carbocycles. The Morgan fingerprint density at radius 3 is 2.77 bits per heavy atom. The number of aromatic amines is 1. The maximum absolute atomic E-state index is 11.3. The van der Waals surface area contributed by atoms with Gasteiger partial charge in [0.15, 0.2) is 5.82 Å². The maximum atomic E-state index is 11.3. The first-order valence-corrected chi connectivity index (χ1v) is 9.94. The van der Waals surface area contributed by atoms with E-state index in [0.29, 0.717) is 29.9 Å². The van der Waals surface area contributed by atoms with Crippen LogP contribution < -0.4 is 10.5 Å². The van der Waals surface area contributed by atoms with Crippen molar-refractivity contribution in [1.82, 2.24) is 24.6 Å². The summed E-state index contributed by atoms with van der Waals surface area (Å²) >= 11 is 0. The largest absolute Gasteiger partial charge is 0.495 e. The lowest BCUT2D eigenvalue weighted by atomic mass is 9.82. The molecule has 3 aromatic heterocycles. The van der Waals surface area contributed by atoms with Gasteiger partial charge < -0.3 is 20.6 Å². The third-order valence-corrected chi connectivity index (χ3v) is 6.02. The lowest BCUT2D eigenvalue weighted by Crippen LogP contribution is -2.21. The molecule has 1 aliphatic rings. The molecule has 0 saturated heterocycles. The van der Waals surface area contributed by atoms with Crippen molar-refractivity contribution >= 4 is 40.6 Å². The van der Waals surface area contributed by atoms with Gasteiger partial charge in [0.05, 0.1) is 24.2 Å². The van der Waals surface area contributed by atoms with E-state index in [1.807, 2.05) is 24.3 Å². The van der Waals surface area contributed by atoms with Gasteiger partial charge in [-0.05, 0) is 37.8 Å². The van der Waals surface area contributed by atoms with Crippen LogP contribution in [0.3, 0.4) is 0 Å². The van der Waals surface area contributed by atoms with Crippen molar-refractivity contribution < 1.29 is 14.6 Å². The third kappa shape index (κ3) is 3.44. The Balaban J connectivity index is 0.00000231. The molecule has 4 aromatic rings. The Hall–Kier alpha value is -3.33. The standard InChI is InChI=1S/C21H22N6O3.ClH/c1-30-15-4-2-3-13-9-14(25-16(13)15)17-18-19(22)23-10-24-27(18)20(26-17)11-5-7-12(8-6-11)21(28)29;/h2-4,9-12,25H,5-8H2,1H3,(H,28,29)(H2,22,23,24);1H. The van der Waals surface area contributed by atoms with Crippen LogP contribution in [0.25, 0.3) is 27.8 Å². The maximum Gasteiger partial charge on any atom is 0.306 e. The minimum absolute atomic E-state index is 0. The van der Waals surface area contributed by atoms with E-state index in [1.165, 1.54) is 6.33 Å². The van der Waals surface area contributed by atoms with Crippen molar-refractivity contribution in [3.8, 4) is 17.1 Å². The van der Waals surface area contributed by atoms with E-state index in [-0.39, 0.29) is 24.2 Å². The van der Waals surface area contributed by atoms with E-state index < -0.39 is 5.97 Å². The minimum atomic E-state index is -0.722. The number of fused-ring (bicyclic) bond motifs is 2. The number of anilines is 1. The molecule has 1 aliphatic carbocycles. The number of para-hydroxylation sites is 1. The zero-order valence-corrected chi connectivity index (χ0v) is 17.7. The van der Waals surface area contributed by atoms with Gasteiger partial charge in [0, 0.05) is 11.3 Å². The Morgan fingerprint density at radius 2 is 2.06 bits per heavy atom. The number of aromatic nitrogens is 5. The Morgan fingerprint density at radius 1 is 1.29 bits per heavy atom. The number of methoxy groups -OCH3 is 1. The smallest absolute Gasteiger partial charge is 0.306 e. The molecule has 0 spiro atoms. The van der Waals surface area contributed by atoms with Crippen LogP contribution in [0.2, 0.25) is 0 Å². The van der Waals surface area contributed by atoms with Gasteiger partial charge in [-0.2, -0.15) is 5.10 Å². The number of carbonyl (C=O) groups is 1. The van der Waals surface area contributed by atoms with Crippen molar-refractivity contribution in [1.29, 1.82) is 0 Å². The number of halogens is 1. The highest BCUT2D eigenvalue weighted by Crippen LogP contribution is 2.39. The van der Waals surface area contributed by atoms with Crippen LogP contribution in [0.4, 0.5) is 5.82 Å². The molecule has 31 heavy (non-hydrogen) atoms. The van der Waals surface area contributed by atoms with Gasteiger partial charge in [-0.25, -0.2) is 14.5 Å². The molecule has 0 amide bonds. The molecule has 4 N–H and O–H groups in total. The minimum Gasteiger partial charge on any atom is -0.495 e. The van der Waals surface area contributed by atoms with E-state index in [9.17, 15) is 9.90 Å². The number of carboxylic acid groups (broad SMARTS) is 1. The lowest BCUT2D eigenvalue weighted by Gasteiger charge is -2.24. The number of ether oxygens (including phenoxy) is 1. The van der Waals surface area contributed by atoms with Crippen LogP contribution in [0.15, 0.2) is 30.6 Å². The quantitative estimate of drug-likeness (QED) is 0.439. The van der Waals surface area contributed by atoms with Gasteiger partial charge in [0.1, 0.15) is 29.1 Å². The van der Waals surface area contributed by atoms with Gasteiger partial charge in [0.2, 0.25) is 0 Å². The summed E-state index contributed by atoms with van der Waals surface area (Å²) in [5, 5.41) is 14.7. The predicted molar refractivity (Wildman–Crippen MR) is 119 cm³/mol. The number of nitrogens with one attached hydrogen (secondary N) is 1. The first kappa shape index (κ1) is 20.9. The second-order valence-corrected chi connectivity index (χ2v) is 7.72. The first-order valence-electron chi connectivity index (χ1n) is 9.94. The van der Waals surface area contributed by atoms with E-state index in [2.05, 4.69) is 15.1 Å². The van der Waals surface area contributed by atoms with Gasteiger partial charge in [-0.15, -0.1) is 12.4 Å². The van der Waals surface area contributed by atoms with Crippen LogP contribution in [0.5, 0.6) is 5.75 Å². The fourth-order valence-electron chi connectivity index (χ4n) is 4.45. The number of nitrogens with zero attached hydrogens (tertiary/aromatic N) is 4. The molecule has 0 aliphatic heterocycles. The number of aliphatic carboxylic acids is 1. The number of benzene rings is 1. The Bertz CT molecular complexity index is 1260. The highest BCUT2D eigenvalue weighted by Gasteiger charge is 2.31. The number of hydrogen-bond donors (Lipinski definition) is 3. The molecule has 0 unspecified atom stereocenters. The molecular formula is C21H23ClN6O3. The molecule has 162 valence electrons. The highest BCUT2D eigenvalue weighted by atomic mass is 35.5. The number of nitrogens with two attached hydrogens (primary N) is 1. The van der Waals surface area contributed by atoms with E-state index >= 15 is 0 Å².